The number of nitrogens with zero attached hydrogens (tertiary/aromatic N) is 1. The number of rotatable bonds is 5. The number of anilines is 1. The fraction of sp³-hybridized carbons (Fsp3) is 0.625. The first-order valence-corrected chi connectivity index (χ1v) is 7.48. The minimum Gasteiger partial charge on any atom is -0.371 e. The third-order valence-corrected chi connectivity index (χ3v) is 4.14. The first kappa shape index (κ1) is 14.3. The lowest BCUT2D eigenvalue weighted by Crippen LogP contribution is -2.34. The summed E-state index contributed by atoms with van der Waals surface area (Å²) in [5.74, 6) is 0.742. The summed E-state index contributed by atoms with van der Waals surface area (Å²) in [6, 6.07) is 5.38. The number of nitrogens with two attached hydrogens (primary N) is 1. The molecule has 0 spiro atoms. The molecule has 0 unspecified atom stereocenters. The molecule has 1 aromatic rings. The maximum atomic E-state index is 13.9. The second kappa shape index (κ2) is 6.90. The maximum Gasteiger partial charge on any atom is 0.128 e. The van der Waals surface area contributed by atoms with Crippen molar-refractivity contribution in [3.63, 3.8) is 0 Å². The van der Waals surface area contributed by atoms with Crippen molar-refractivity contribution in [2.75, 3.05) is 24.5 Å². The molecule has 0 radical (unpaired) electrons. The largest absolute Gasteiger partial charge is 0.371 e. The Morgan fingerprint density at radius 2 is 2.05 bits per heavy atom. The smallest absolute Gasteiger partial charge is 0.128 e. The summed E-state index contributed by atoms with van der Waals surface area (Å²) in [5, 5.41) is 0. The molecule has 1 heterocycles. The van der Waals surface area contributed by atoms with Gasteiger partial charge in [-0.15, -0.1) is 0 Å². The molecule has 1 aliphatic heterocycles. The molecule has 2 N–H and O–H groups in total. The molecule has 106 valence electrons. The Balaban J connectivity index is 2.08. The monoisotopic (exact) mass is 264 g/mol. The van der Waals surface area contributed by atoms with Gasteiger partial charge < -0.3 is 10.6 Å². The van der Waals surface area contributed by atoms with Crippen LogP contribution in [0.25, 0.3) is 0 Å². The van der Waals surface area contributed by atoms with E-state index in [1.54, 1.807) is 6.07 Å². The van der Waals surface area contributed by atoms with E-state index < -0.39 is 0 Å². The molecular weight excluding hydrogens is 239 g/mol. The van der Waals surface area contributed by atoms with E-state index in [1.807, 2.05) is 12.1 Å². The van der Waals surface area contributed by atoms with Crippen LogP contribution in [0.5, 0.6) is 0 Å². The predicted octanol–water partition coefficient (Wildman–Crippen LogP) is 3.34. The van der Waals surface area contributed by atoms with Gasteiger partial charge in [0.1, 0.15) is 5.82 Å². The van der Waals surface area contributed by atoms with E-state index in [-0.39, 0.29) is 5.82 Å². The Morgan fingerprint density at radius 3 is 2.68 bits per heavy atom. The Morgan fingerprint density at radius 1 is 1.32 bits per heavy atom. The molecule has 0 bridgehead atoms. The van der Waals surface area contributed by atoms with E-state index in [0.29, 0.717) is 13.0 Å². The van der Waals surface area contributed by atoms with E-state index in [4.69, 9.17) is 5.73 Å². The zero-order chi connectivity index (χ0) is 13.7. The average Bonchev–Trinajstić information content (AvgIpc) is 2.43. The molecule has 1 aromatic carbocycles. The lowest BCUT2D eigenvalue weighted by Gasteiger charge is -2.35. The van der Waals surface area contributed by atoms with Gasteiger partial charge in [0.2, 0.25) is 0 Å². The highest BCUT2D eigenvalue weighted by atomic mass is 19.1. The first-order valence-electron chi connectivity index (χ1n) is 7.48. The van der Waals surface area contributed by atoms with Gasteiger partial charge >= 0.3 is 0 Å². The summed E-state index contributed by atoms with van der Waals surface area (Å²) in [6.07, 6.45) is 5.67. The Bertz CT molecular complexity index is 398. The fourth-order valence-electron chi connectivity index (χ4n) is 3.11. The van der Waals surface area contributed by atoms with Crippen molar-refractivity contribution in [2.45, 2.75) is 39.0 Å². The van der Waals surface area contributed by atoms with Gasteiger partial charge in [0.25, 0.3) is 0 Å². The average molecular weight is 264 g/mol. The lowest BCUT2D eigenvalue weighted by molar-refractivity contribution is 0.378. The van der Waals surface area contributed by atoms with Gasteiger partial charge in [-0.1, -0.05) is 25.8 Å². The van der Waals surface area contributed by atoms with E-state index in [0.717, 1.165) is 30.3 Å². The van der Waals surface area contributed by atoms with Gasteiger partial charge in [-0.25, -0.2) is 4.39 Å². The first-order chi connectivity index (χ1) is 9.26. The molecule has 0 atom stereocenters. The molecule has 2 rings (SSSR count). The number of benzene rings is 1. The van der Waals surface area contributed by atoms with Gasteiger partial charge in [-0.2, -0.15) is 0 Å². The SMILES string of the molecule is CCCC1CCN(c2cccc(F)c2CCN)CC1. The summed E-state index contributed by atoms with van der Waals surface area (Å²) >= 11 is 0. The Kier molecular flexibility index (Phi) is 5.20. The van der Waals surface area contributed by atoms with Crippen molar-refractivity contribution >= 4 is 5.69 Å². The van der Waals surface area contributed by atoms with Gasteiger partial charge in [0, 0.05) is 24.3 Å². The van der Waals surface area contributed by atoms with Crippen molar-refractivity contribution in [1.29, 1.82) is 0 Å². The summed E-state index contributed by atoms with van der Waals surface area (Å²) in [4.78, 5) is 2.33. The maximum absolute atomic E-state index is 13.9. The number of hydrogen-bond donors (Lipinski definition) is 1. The topological polar surface area (TPSA) is 29.3 Å². The summed E-state index contributed by atoms with van der Waals surface area (Å²) in [7, 11) is 0. The molecule has 0 amide bonds. The van der Waals surface area contributed by atoms with Crippen LogP contribution in [0.2, 0.25) is 0 Å². The quantitative estimate of drug-likeness (QED) is 0.883. The van der Waals surface area contributed by atoms with Crippen LogP contribution in [0.15, 0.2) is 18.2 Å². The molecule has 0 saturated carbocycles. The minimum atomic E-state index is -0.112. The zero-order valence-corrected chi connectivity index (χ0v) is 11.9. The third kappa shape index (κ3) is 3.47. The summed E-state index contributed by atoms with van der Waals surface area (Å²) < 4.78 is 13.9. The van der Waals surface area contributed by atoms with Gasteiger partial charge in [-0.3, -0.25) is 0 Å². The highest BCUT2D eigenvalue weighted by molar-refractivity contribution is 5.54. The number of halogens is 1. The molecule has 0 aromatic heterocycles. The predicted molar refractivity (Wildman–Crippen MR) is 79.0 cm³/mol. The molecule has 3 heteroatoms. The zero-order valence-electron chi connectivity index (χ0n) is 11.9. The second-order valence-corrected chi connectivity index (χ2v) is 5.50. The molecule has 0 aliphatic carbocycles. The number of hydrogen-bond acceptors (Lipinski definition) is 2. The van der Waals surface area contributed by atoms with Crippen LogP contribution in [-0.2, 0) is 6.42 Å². The van der Waals surface area contributed by atoms with Crippen molar-refractivity contribution in [2.24, 2.45) is 11.7 Å². The molecule has 1 aliphatic rings. The number of piperidine rings is 1. The van der Waals surface area contributed by atoms with Crippen molar-refractivity contribution in [1.82, 2.24) is 0 Å². The van der Waals surface area contributed by atoms with Gasteiger partial charge in [-0.05, 0) is 43.9 Å². The Hall–Kier alpha value is -1.09. The molecule has 19 heavy (non-hydrogen) atoms. The standard InChI is InChI=1S/C16H25FN2/c1-2-4-13-8-11-19(12-9-13)16-6-3-5-15(17)14(16)7-10-18/h3,5-6,13H,2,4,7-12,18H2,1H3. The minimum absolute atomic E-state index is 0.112. The van der Waals surface area contributed by atoms with Crippen molar-refractivity contribution in [3.05, 3.63) is 29.6 Å². The van der Waals surface area contributed by atoms with Crippen LogP contribution in [0, 0.1) is 11.7 Å². The Labute approximate surface area is 115 Å². The van der Waals surface area contributed by atoms with Crippen molar-refractivity contribution < 1.29 is 4.39 Å². The fourth-order valence-corrected chi connectivity index (χ4v) is 3.11. The highest BCUT2D eigenvalue weighted by Gasteiger charge is 2.21. The van der Waals surface area contributed by atoms with E-state index in [2.05, 4.69) is 11.8 Å². The van der Waals surface area contributed by atoms with Crippen molar-refractivity contribution in [3.8, 4) is 0 Å². The van der Waals surface area contributed by atoms with E-state index in [1.165, 1.54) is 25.7 Å². The second-order valence-electron chi connectivity index (χ2n) is 5.50. The summed E-state index contributed by atoms with van der Waals surface area (Å²) in [5.41, 5.74) is 7.45. The highest BCUT2D eigenvalue weighted by Crippen LogP contribution is 2.29. The molecular formula is C16H25FN2. The van der Waals surface area contributed by atoms with Crippen LogP contribution in [-0.4, -0.2) is 19.6 Å². The van der Waals surface area contributed by atoms with Gasteiger partial charge in [0.05, 0.1) is 0 Å². The van der Waals surface area contributed by atoms with Crippen LogP contribution < -0.4 is 10.6 Å². The van der Waals surface area contributed by atoms with E-state index in [9.17, 15) is 4.39 Å². The lowest BCUT2D eigenvalue weighted by atomic mass is 9.92. The molecule has 2 nitrogen and oxygen atoms in total. The van der Waals surface area contributed by atoms with Crippen LogP contribution >= 0.6 is 0 Å². The molecule has 1 saturated heterocycles. The third-order valence-electron chi connectivity index (χ3n) is 4.14. The molecule has 1 fully saturated rings. The van der Waals surface area contributed by atoms with E-state index >= 15 is 0 Å². The van der Waals surface area contributed by atoms with Crippen LogP contribution in [0.1, 0.15) is 38.2 Å². The van der Waals surface area contributed by atoms with Gasteiger partial charge in [0.15, 0.2) is 0 Å². The van der Waals surface area contributed by atoms with Crippen LogP contribution in [0.3, 0.4) is 0 Å². The van der Waals surface area contributed by atoms with Crippen LogP contribution in [0.4, 0.5) is 10.1 Å². The normalized spacial score (nSPS) is 16.9. The summed E-state index contributed by atoms with van der Waals surface area (Å²) in [6.45, 7) is 4.84.